The number of rotatable bonds is 4. The molecular formula is C17H21BBrFO3S. The van der Waals surface area contributed by atoms with Gasteiger partial charge in [-0.3, -0.25) is 4.79 Å². The van der Waals surface area contributed by atoms with Crippen LogP contribution in [-0.2, 0) is 14.1 Å². The van der Waals surface area contributed by atoms with Crippen LogP contribution >= 0.6 is 27.7 Å². The predicted molar refractivity (Wildman–Crippen MR) is 101 cm³/mol. The van der Waals surface area contributed by atoms with Crippen molar-refractivity contribution in [2.24, 2.45) is 0 Å². The molecule has 1 fully saturated rings. The second-order valence-corrected chi connectivity index (χ2v) is 8.86. The fourth-order valence-electron chi connectivity index (χ4n) is 2.23. The van der Waals surface area contributed by atoms with Crippen molar-refractivity contribution in [2.75, 3.05) is 5.75 Å². The van der Waals surface area contributed by atoms with Crippen LogP contribution in [0.5, 0.6) is 0 Å². The molecule has 0 unspecified atom stereocenters. The highest BCUT2D eigenvalue weighted by Crippen LogP contribution is 2.39. The van der Waals surface area contributed by atoms with Crippen molar-refractivity contribution in [3.63, 3.8) is 0 Å². The van der Waals surface area contributed by atoms with Crippen molar-refractivity contribution in [1.82, 2.24) is 0 Å². The number of thioether (sulfide) groups is 1. The summed E-state index contributed by atoms with van der Waals surface area (Å²) in [6, 6.07) is 4.65. The second-order valence-electron chi connectivity index (χ2n) is 6.79. The van der Waals surface area contributed by atoms with Gasteiger partial charge in [-0.25, -0.2) is 4.39 Å². The third kappa shape index (κ3) is 4.72. The molecule has 24 heavy (non-hydrogen) atoms. The summed E-state index contributed by atoms with van der Waals surface area (Å²) in [5, 5.41) is 0.0119. The molecule has 1 aromatic rings. The van der Waals surface area contributed by atoms with Crippen molar-refractivity contribution in [1.29, 1.82) is 0 Å². The molecule has 2 rings (SSSR count). The molecule has 0 aliphatic carbocycles. The van der Waals surface area contributed by atoms with Crippen LogP contribution in [0.4, 0.5) is 4.39 Å². The average Bonchev–Trinajstić information content (AvgIpc) is 2.62. The Labute approximate surface area is 155 Å². The Hall–Kier alpha value is -0.625. The third-order valence-electron chi connectivity index (χ3n) is 4.24. The first-order valence-electron chi connectivity index (χ1n) is 7.66. The van der Waals surface area contributed by atoms with Crippen molar-refractivity contribution < 1.29 is 18.5 Å². The molecular weight excluding hydrogens is 394 g/mol. The van der Waals surface area contributed by atoms with Crippen molar-refractivity contribution in [2.45, 2.75) is 45.8 Å². The number of hydrogen-bond donors (Lipinski definition) is 0. The smallest absolute Gasteiger partial charge is 0.400 e. The quantitative estimate of drug-likeness (QED) is 0.657. The summed E-state index contributed by atoms with van der Waals surface area (Å²) < 4.78 is 26.4. The normalized spacial score (nSPS) is 19.6. The van der Waals surface area contributed by atoms with E-state index in [1.807, 2.05) is 39.8 Å². The zero-order valence-corrected chi connectivity index (χ0v) is 16.9. The highest BCUT2D eigenvalue weighted by molar-refractivity contribution is 9.10. The molecule has 1 heterocycles. The number of hydrogen-bond acceptors (Lipinski definition) is 4. The first-order chi connectivity index (χ1) is 11.0. The number of carbonyl (C=O) groups excluding carboxylic acids is 1. The molecule has 0 atom stereocenters. The van der Waals surface area contributed by atoms with Gasteiger partial charge in [0, 0.05) is 17.1 Å². The standard InChI is InChI=1S/C17H21BBrFO3S/c1-11(21)24-10-13(6-12-7-14(19)9-15(20)8-12)18-22-16(2,3)17(4,5)23-18/h6-9H,10H2,1-5H3. The zero-order valence-electron chi connectivity index (χ0n) is 14.5. The van der Waals surface area contributed by atoms with Crippen LogP contribution in [0.3, 0.4) is 0 Å². The Morgan fingerprint density at radius 1 is 1.25 bits per heavy atom. The second kappa shape index (κ2) is 7.32. The summed E-state index contributed by atoms with van der Waals surface area (Å²) in [7, 11) is -0.566. The SMILES string of the molecule is CC(=O)SCC(=Cc1cc(F)cc(Br)c1)B1OC(C)(C)C(C)(C)O1. The van der Waals surface area contributed by atoms with Gasteiger partial charge in [0.1, 0.15) is 5.82 Å². The lowest BCUT2D eigenvalue weighted by atomic mass is 9.78. The number of carbonyl (C=O) groups is 1. The molecule has 130 valence electrons. The van der Waals surface area contributed by atoms with E-state index in [0.29, 0.717) is 15.8 Å². The van der Waals surface area contributed by atoms with Gasteiger partial charge in [-0.05, 0) is 56.9 Å². The average molecular weight is 415 g/mol. The van der Waals surface area contributed by atoms with E-state index in [1.165, 1.54) is 30.8 Å². The van der Waals surface area contributed by atoms with E-state index in [-0.39, 0.29) is 10.9 Å². The fraction of sp³-hybridized carbons (Fsp3) is 0.471. The lowest BCUT2D eigenvalue weighted by Crippen LogP contribution is -2.41. The molecule has 0 spiro atoms. The first-order valence-corrected chi connectivity index (χ1v) is 9.43. The molecule has 1 aromatic carbocycles. The van der Waals surface area contributed by atoms with Crippen LogP contribution in [0.15, 0.2) is 28.1 Å². The Balaban J connectivity index is 2.35. The zero-order chi connectivity index (χ0) is 18.1. The van der Waals surface area contributed by atoms with E-state index < -0.39 is 18.3 Å². The van der Waals surface area contributed by atoms with Gasteiger partial charge in [0.25, 0.3) is 0 Å². The Kier molecular flexibility index (Phi) is 6.01. The molecule has 1 saturated heterocycles. The third-order valence-corrected chi connectivity index (χ3v) is 5.58. The van der Waals surface area contributed by atoms with Crippen LogP contribution in [-0.4, -0.2) is 29.2 Å². The van der Waals surface area contributed by atoms with Crippen LogP contribution in [0, 0.1) is 5.82 Å². The topological polar surface area (TPSA) is 35.5 Å². The van der Waals surface area contributed by atoms with Crippen LogP contribution in [0.2, 0.25) is 0 Å². The van der Waals surface area contributed by atoms with Gasteiger partial charge >= 0.3 is 7.12 Å². The lowest BCUT2D eigenvalue weighted by Gasteiger charge is -2.32. The monoisotopic (exact) mass is 414 g/mol. The Bertz CT molecular complexity index is 640. The van der Waals surface area contributed by atoms with E-state index in [9.17, 15) is 9.18 Å². The molecule has 0 amide bonds. The molecule has 0 radical (unpaired) electrons. The fourth-order valence-corrected chi connectivity index (χ4v) is 3.30. The summed E-state index contributed by atoms with van der Waals surface area (Å²) in [6.45, 7) is 9.41. The highest BCUT2D eigenvalue weighted by atomic mass is 79.9. The van der Waals surface area contributed by atoms with Gasteiger partial charge in [0.05, 0.1) is 11.2 Å². The summed E-state index contributed by atoms with van der Waals surface area (Å²) in [5.74, 6) is 0.100. The van der Waals surface area contributed by atoms with Gasteiger partial charge in [-0.15, -0.1) is 0 Å². The summed E-state index contributed by atoms with van der Waals surface area (Å²) in [5.41, 5.74) is 0.544. The number of benzene rings is 1. The van der Waals surface area contributed by atoms with Crippen molar-refractivity contribution in [3.05, 3.63) is 39.5 Å². The molecule has 3 nitrogen and oxygen atoms in total. The van der Waals surface area contributed by atoms with E-state index in [1.54, 1.807) is 0 Å². The van der Waals surface area contributed by atoms with Crippen LogP contribution in [0.25, 0.3) is 6.08 Å². The molecule has 0 N–H and O–H groups in total. The molecule has 1 aliphatic rings. The highest BCUT2D eigenvalue weighted by Gasteiger charge is 2.52. The molecule has 7 heteroatoms. The van der Waals surface area contributed by atoms with E-state index in [4.69, 9.17) is 9.31 Å². The molecule has 0 saturated carbocycles. The maximum atomic E-state index is 13.6. The summed E-state index contributed by atoms with van der Waals surface area (Å²) in [4.78, 5) is 11.4. The van der Waals surface area contributed by atoms with E-state index in [2.05, 4.69) is 15.9 Å². The van der Waals surface area contributed by atoms with Crippen LogP contribution < -0.4 is 0 Å². The maximum Gasteiger partial charge on any atom is 0.491 e. The minimum atomic E-state index is -0.566. The lowest BCUT2D eigenvalue weighted by molar-refractivity contribution is -0.109. The summed E-state index contributed by atoms with van der Waals surface area (Å²) >= 11 is 4.48. The molecule has 1 aliphatic heterocycles. The molecule has 0 aromatic heterocycles. The largest absolute Gasteiger partial charge is 0.491 e. The minimum Gasteiger partial charge on any atom is -0.400 e. The first kappa shape index (κ1) is 19.7. The van der Waals surface area contributed by atoms with Crippen LogP contribution in [0.1, 0.15) is 40.2 Å². The van der Waals surface area contributed by atoms with Crippen molar-refractivity contribution in [3.8, 4) is 0 Å². The minimum absolute atomic E-state index is 0.0119. The van der Waals surface area contributed by atoms with Gasteiger partial charge < -0.3 is 9.31 Å². The Morgan fingerprint density at radius 3 is 2.33 bits per heavy atom. The maximum absolute atomic E-state index is 13.6. The summed E-state index contributed by atoms with van der Waals surface area (Å²) in [6.07, 6.45) is 1.83. The molecule has 0 bridgehead atoms. The van der Waals surface area contributed by atoms with Crippen molar-refractivity contribution >= 4 is 46.0 Å². The van der Waals surface area contributed by atoms with E-state index in [0.717, 1.165) is 5.47 Å². The Morgan fingerprint density at radius 2 is 1.83 bits per heavy atom. The van der Waals surface area contributed by atoms with Gasteiger partial charge in [0.2, 0.25) is 0 Å². The van der Waals surface area contributed by atoms with E-state index >= 15 is 0 Å². The number of halogens is 2. The predicted octanol–water partition coefficient (Wildman–Crippen LogP) is 4.88. The van der Waals surface area contributed by atoms with Gasteiger partial charge in [-0.2, -0.15) is 0 Å². The van der Waals surface area contributed by atoms with Gasteiger partial charge in [0.15, 0.2) is 5.12 Å². The van der Waals surface area contributed by atoms with Gasteiger partial charge in [-0.1, -0.05) is 33.8 Å².